The van der Waals surface area contributed by atoms with E-state index in [2.05, 4.69) is 32.7 Å². The molecule has 0 fully saturated rings. The van der Waals surface area contributed by atoms with Gasteiger partial charge in [0.1, 0.15) is 0 Å². The number of rotatable bonds is 4. The van der Waals surface area contributed by atoms with E-state index in [4.69, 9.17) is 0 Å². The molecule has 0 amide bonds. The van der Waals surface area contributed by atoms with Gasteiger partial charge in [-0.25, -0.2) is 4.98 Å². The van der Waals surface area contributed by atoms with Crippen LogP contribution in [0.1, 0.15) is 33.0 Å². The number of carbonyl (C=O) groups excluding carboxylic acids is 1. The molecule has 25 heavy (non-hydrogen) atoms. The molecule has 0 atom stereocenters. The molecule has 0 aliphatic carbocycles. The molecule has 3 aromatic rings. The summed E-state index contributed by atoms with van der Waals surface area (Å²) in [4.78, 5) is 19.7. The van der Waals surface area contributed by atoms with Crippen LogP contribution >= 0.6 is 11.3 Å². The smallest absolute Gasteiger partial charge is 0.194 e. The third kappa shape index (κ3) is 2.78. The van der Waals surface area contributed by atoms with Crippen LogP contribution in [-0.4, -0.2) is 28.4 Å². The monoisotopic (exact) mass is 351 g/mol. The minimum atomic E-state index is 0.171. The molecule has 4 rings (SSSR count). The molecule has 3 heterocycles. The van der Waals surface area contributed by atoms with Gasteiger partial charge in [0.15, 0.2) is 10.9 Å². The molecular formula is C20H21N3OS. The van der Waals surface area contributed by atoms with Crippen LogP contribution in [0.25, 0.3) is 5.13 Å². The molecule has 0 saturated heterocycles. The van der Waals surface area contributed by atoms with Crippen molar-refractivity contribution in [3.63, 3.8) is 0 Å². The highest BCUT2D eigenvalue weighted by Gasteiger charge is 2.24. The highest BCUT2D eigenvalue weighted by molar-refractivity contribution is 7.12. The van der Waals surface area contributed by atoms with Crippen molar-refractivity contribution >= 4 is 22.8 Å². The second-order valence-corrected chi connectivity index (χ2v) is 7.45. The molecule has 0 unspecified atom stereocenters. The van der Waals surface area contributed by atoms with E-state index in [1.807, 2.05) is 38.3 Å². The van der Waals surface area contributed by atoms with Crippen molar-refractivity contribution in [3.05, 3.63) is 63.9 Å². The average Bonchev–Trinajstić information content (AvgIpc) is 3.26. The van der Waals surface area contributed by atoms with Gasteiger partial charge in [0.25, 0.3) is 0 Å². The van der Waals surface area contributed by atoms with Crippen LogP contribution in [0.3, 0.4) is 0 Å². The Labute approximate surface area is 151 Å². The Hall–Kier alpha value is -2.40. The highest BCUT2D eigenvalue weighted by Crippen LogP contribution is 2.28. The Balaban J connectivity index is 1.62. The number of thiazole rings is 1. The second kappa shape index (κ2) is 6.15. The standard InChI is InChI=1S/C20H21N3OS/c1-13-12-25-20(21-13)23-14(2)10-17(15(23)3)19(24)11-22-9-8-16-6-4-5-7-18(16)22/h4-7,10,12H,8-9,11H2,1-3H3. The van der Waals surface area contributed by atoms with Crippen LogP contribution in [0.15, 0.2) is 35.7 Å². The van der Waals surface area contributed by atoms with Crippen LogP contribution in [0, 0.1) is 20.8 Å². The van der Waals surface area contributed by atoms with Gasteiger partial charge in [-0.15, -0.1) is 11.3 Å². The minimum Gasteiger partial charge on any atom is -0.363 e. The molecule has 128 valence electrons. The zero-order valence-electron chi connectivity index (χ0n) is 14.7. The van der Waals surface area contributed by atoms with Gasteiger partial charge < -0.3 is 4.90 Å². The van der Waals surface area contributed by atoms with Crippen LogP contribution in [0.5, 0.6) is 0 Å². The number of aromatic nitrogens is 2. The van der Waals surface area contributed by atoms with Crippen molar-refractivity contribution in [1.29, 1.82) is 0 Å². The number of anilines is 1. The zero-order valence-corrected chi connectivity index (χ0v) is 15.6. The zero-order chi connectivity index (χ0) is 17.6. The summed E-state index contributed by atoms with van der Waals surface area (Å²) in [7, 11) is 0. The van der Waals surface area contributed by atoms with Crippen molar-refractivity contribution in [2.75, 3.05) is 18.0 Å². The molecular weight excluding hydrogens is 330 g/mol. The van der Waals surface area contributed by atoms with Crippen LogP contribution in [-0.2, 0) is 6.42 Å². The second-order valence-electron chi connectivity index (χ2n) is 6.62. The molecule has 1 aromatic carbocycles. The Morgan fingerprint density at radius 3 is 2.80 bits per heavy atom. The number of hydrogen-bond donors (Lipinski definition) is 0. The topological polar surface area (TPSA) is 38.1 Å². The molecule has 0 bridgehead atoms. The van der Waals surface area contributed by atoms with Gasteiger partial charge in [0, 0.05) is 34.6 Å². The van der Waals surface area contributed by atoms with Gasteiger partial charge >= 0.3 is 0 Å². The lowest BCUT2D eigenvalue weighted by molar-refractivity contribution is 0.0999. The van der Waals surface area contributed by atoms with E-state index in [9.17, 15) is 4.79 Å². The first-order chi connectivity index (χ1) is 12.0. The molecule has 0 N–H and O–H groups in total. The Morgan fingerprint density at radius 2 is 2.04 bits per heavy atom. The van der Waals surface area contributed by atoms with Gasteiger partial charge in [-0.1, -0.05) is 18.2 Å². The Morgan fingerprint density at radius 1 is 1.24 bits per heavy atom. The summed E-state index contributed by atoms with van der Waals surface area (Å²) in [5.41, 5.74) is 6.37. The number of benzene rings is 1. The average molecular weight is 351 g/mol. The summed E-state index contributed by atoms with van der Waals surface area (Å²) in [5.74, 6) is 0.171. The maximum Gasteiger partial charge on any atom is 0.194 e. The number of para-hydroxylation sites is 1. The van der Waals surface area contributed by atoms with Crippen molar-refractivity contribution in [2.24, 2.45) is 0 Å². The first-order valence-corrected chi connectivity index (χ1v) is 9.40. The Kier molecular flexibility index (Phi) is 3.96. The van der Waals surface area contributed by atoms with Crippen molar-refractivity contribution < 1.29 is 4.79 Å². The third-order valence-electron chi connectivity index (χ3n) is 4.85. The van der Waals surface area contributed by atoms with E-state index in [0.29, 0.717) is 6.54 Å². The Bertz CT molecular complexity index is 954. The number of aryl methyl sites for hydroxylation is 2. The quantitative estimate of drug-likeness (QED) is 0.664. The minimum absolute atomic E-state index is 0.171. The molecule has 4 nitrogen and oxygen atoms in total. The maximum atomic E-state index is 13.0. The first-order valence-electron chi connectivity index (χ1n) is 8.52. The molecule has 2 aromatic heterocycles. The van der Waals surface area contributed by atoms with E-state index in [-0.39, 0.29) is 5.78 Å². The van der Waals surface area contributed by atoms with E-state index in [1.54, 1.807) is 11.3 Å². The summed E-state index contributed by atoms with van der Waals surface area (Å²) in [5, 5.41) is 2.97. The van der Waals surface area contributed by atoms with Crippen LogP contribution < -0.4 is 4.90 Å². The number of carbonyl (C=O) groups is 1. The third-order valence-corrected chi connectivity index (χ3v) is 5.79. The molecule has 0 saturated carbocycles. The van der Waals surface area contributed by atoms with Crippen LogP contribution in [0.4, 0.5) is 5.69 Å². The predicted octanol–water partition coefficient (Wildman–Crippen LogP) is 4.10. The summed E-state index contributed by atoms with van der Waals surface area (Å²) >= 11 is 1.61. The van der Waals surface area contributed by atoms with Gasteiger partial charge in [-0.05, 0) is 44.9 Å². The van der Waals surface area contributed by atoms with Gasteiger partial charge in [-0.2, -0.15) is 0 Å². The highest BCUT2D eigenvalue weighted by atomic mass is 32.1. The molecule has 5 heteroatoms. The number of fused-ring (bicyclic) bond motifs is 1. The summed E-state index contributed by atoms with van der Waals surface area (Å²) in [6.07, 6.45) is 1.01. The summed E-state index contributed by atoms with van der Waals surface area (Å²) < 4.78 is 2.09. The molecule has 0 spiro atoms. The van der Waals surface area contributed by atoms with E-state index in [0.717, 1.165) is 40.7 Å². The lowest BCUT2D eigenvalue weighted by Gasteiger charge is -2.18. The largest absolute Gasteiger partial charge is 0.363 e. The van der Waals surface area contributed by atoms with Gasteiger partial charge in [0.05, 0.1) is 12.2 Å². The number of nitrogens with zero attached hydrogens (tertiary/aromatic N) is 3. The molecule has 1 aliphatic rings. The fraction of sp³-hybridized carbons (Fsp3) is 0.300. The predicted molar refractivity (Wildman–Crippen MR) is 102 cm³/mol. The van der Waals surface area contributed by atoms with E-state index >= 15 is 0 Å². The van der Waals surface area contributed by atoms with Crippen molar-refractivity contribution in [2.45, 2.75) is 27.2 Å². The lowest BCUT2D eigenvalue weighted by Crippen LogP contribution is -2.28. The van der Waals surface area contributed by atoms with Crippen LogP contribution in [0.2, 0.25) is 0 Å². The normalized spacial score (nSPS) is 13.3. The number of hydrogen-bond acceptors (Lipinski definition) is 4. The maximum absolute atomic E-state index is 13.0. The SMILES string of the molecule is Cc1csc(-n2c(C)cc(C(=O)CN3CCc4ccccc43)c2C)n1. The van der Waals surface area contributed by atoms with Gasteiger partial charge in [0.2, 0.25) is 0 Å². The fourth-order valence-electron chi connectivity index (χ4n) is 3.61. The number of ketones is 1. The lowest BCUT2D eigenvalue weighted by atomic mass is 10.1. The van der Waals surface area contributed by atoms with Crippen molar-refractivity contribution in [1.82, 2.24) is 9.55 Å². The number of Topliss-reactive ketones (excluding diaryl/α,β-unsaturated/α-hetero) is 1. The van der Waals surface area contributed by atoms with E-state index < -0.39 is 0 Å². The molecule has 1 aliphatic heterocycles. The summed E-state index contributed by atoms with van der Waals surface area (Å²) in [6.45, 7) is 7.37. The van der Waals surface area contributed by atoms with Crippen molar-refractivity contribution in [3.8, 4) is 5.13 Å². The van der Waals surface area contributed by atoms with Gasteiger partial charge in [-0.3, -0.25) is 9.36 Å². The summed E-state index contributed by atoms with van der Waals surface area (Å²) in [6, 6.07) is 10.4. The fourth-order valence-corrected chi connectivity index (χ4v) is 4.52. The molecule has 0 radical (unpaired) electrons. The van der Waals surface area contributed by atoms with E-state index in [1.165, 1.54) is 11.3 Å². The first kappa shape index (κ1) is 16.1.